The van der Waals surface area contributed by atoms with E-state index in [1.807, 2.05) is 25.2 Å². The number of nitrogens with zero attached hydrogens (tertiary/aromatic N) is 2. The summed E-state index contributed by atoms with van der Waals surface area (Å²) in [7, 11) is 1.81. The number of carbonyl (C=O) groups excluding carboxylic acids is 1. The number of rotatable bonds is 0. The molecular formula is C12H9BrN2O. The summed E-state index contributed by atoms with van der Waals surface area (Å²) in [5, 5.41) is 1.06. The SMILES string of the molecule is CN1C(=O)Cc2c1ccc1ncc(Br)cc21. The first kappa shape index (κ1) is 9.78. The van der Waals surface area contributed by atoms with Gasteiger partial charge in [0.1, 0.15) is 0 Å². The zero-order chi connectivity index (χ0) is 11.3. The molecule has 1 aromatic carbocycles. The number of pyridine rings is 1. The first-order valence-electron chi connectivity index (χ1n) is 5.00. The lowest BCUT2D eigenvalue weighted by molar-refractivity contribution is -0.117. The van der Waals surface area contributed by atoms with E-state index in [0.29, 0.717) is 6.42 Å². The van der Waals surface area contributed by atoms with Crippen molar-refractivity contribution in [3.8, 4) is 0 Å². The summed E-state index contributed by atoms with van der Waals surface area (Å²) in [6.45, 7) is 0. The van der Waals surface area contributed by atoms with Gasteiger partial charge in [0.15, 0.2) is 0 Å². The molecule has 0 saturated carbocycles. The van der Waals surface area contributed by atoms with E-state index in [-0.39, 0.29) is 5.91 Å². The molecule has 16 heavy (non-hydrogen) atoms. The van der Waals surface area contributed by atoms with Crippen molar-refractivity contribution in [3.63, 3.8) is 0 Å². The van der Waals surface area contributed by atoms with Crippen molar-refractivity contribution in [2.45, 2.75) is 6.42 Å². The minimum absolute atomic E-state index is 0.141. The molecule has 4 heteroatoms. The van der Waals surface area contributed by atoms with Crippen molar-refractivity contribution in [3.05, 3.63) is 34.4 Å². The number of fused-ring (bicyclic) bond motifs is 3. The standard InChI is InChI=1S/C12H9BrN2O/c1-15-11-3-2-10-8(4-7(13)6-14-10)9(11)5-12(15)16/h2-4,6H,5H2,1H3. The van der Waals surface area contributed by atoms with Crippen molar-refractivity contribution < 1.29 is 4.79 Å². The summed E-state index contributed by atoms with van der Waals surface area (Å²) >= 11 is 3.41. The summed E-state index contributed by atoms with van der Waals surface area (Å²) in [5.41, 5.74) is 3.02. The van der Waals surface area contributed by atoms with Crippen LogP contribution in [0.25, 0.3) is 10.9 Å². The maximum absolute atomic E-state index is 11.7. The molecule has 0 spiro atoms. The summed E-state index contributed by atoms with van der Waals surface area (Å²) in [5.74, 6) is 0.141. The van der Waals surface area contributed by atoms with E-state index in [1.54, 1.807) is 11.1 Å². The Morgan fingerprint density at radius 3 is 3.06 bits per heavy atom. The highest BCUT2D eigenvalue weighted by molar-refractivity contribution is 9.10. The number of halogens is 1. The molecule has 1 aliphatic heterocycles. The van der Waals surface area contributed by atoms with E-state index >= 15 is 0 Å². The molecule has 3 rings (SSSR count). The van der Waals surface area contributed by atoms with Crippen LogP contribution in [0.1, 0.15) is 5.56 Å². The van der Waals surface area contributed by atoms with Gasteiger partial charge in [0.05, 0.1) is 11.9 Å². The third-order valence-electron chi connectivity index (χ3n) is 2.98. The van der Waals surface area contributed by atoms with Gasteiger partial charge in [-0.3, -0.25) is 9.78 Å². The van der Waals surface area contributed by atoms with E-state index in [9.17, 15) is 4.79 Å². The van der Waals surface area contributed by atoms with Crippen molar-refractivity contribution >= 4 is 38.4 Å². The third-order valence-corrected chi connectivity index (χ3v) is 3.42. The monoisotopic (exact) mass is 276 g/mol. The fourth-order valence-electron chi connectivity index (χ4n) is 2.12. The minimum Gasteiger partial charge on any atom is -0.315 e. The summed E-state index contributed by atoms with van der Waals surface area (Å²) in [4.78, 5) is 17.7. The Hall–Kier alpha value is -1.42. The first-order valence-corrected chi connectivity index (χ1v) is 5.80. The number of hydrogen-bond donors (Lipinski definition) is 0. The average molecular weight is 277 g/mol. The maximum atomic E-state index is 11.7. The van der Waals surface area contributed by atoms with Crippen molar-refractivity contribution in [1.29, 1.82) is 0 Å². The molecule has 3 nitrogen and oxygen atoms in total. The van der Waals surface area contributed by atoms with Gasteiger partial charge < -0.3 is 4.90 Å². The topological polar surface area (TPSA) is 33.2 Å². The lowest BCUT2D eigenvalue weighted by Gasteiger charge is -2.10. The highest BCUT2D eigenvalue weighted by atomic mass is 79.9. The first-order chi connectivity index (χ1) is 7.66. The predicted molar refractivity (Wildman–Crippen MR) is 66.6 cm³/mol. The second-order valence-corrected chi connectivity index (χ2v) is 4.83. The van der Waals surface area contributed by atoms with E-state index in [1.165, 1.54) is 0 Å². The van der Waals surface area contributed by atoms with E-state index in [4.69, 9.17) is 0 Å². The molecule has 1 amide bonds. The van der Waals surface area contributed by atoms with Crippen molar-refractivity contribution in [2.75, 3.05) is 11.9 Å². The summed E-state index contributed by atoms with van der Waals surface area (Å²) < 4.78 is 0.940. The maximum Gasteiger partial charge on any atom is 0.231 e. The smallest absolute Gasteiger partial charge is 0.231 e. The molecule has 0 radical (unpaired) electrons. The third kappa shape index (κ3) is 1.26. The highest BCUT2D eigenvalue weighted by Crippen LogP contribution is 2.34. The molecule has 2 heterocycles. The Balaban J connectivity index is 2.37. The van der Waals surface area contributed by atoms with Crippen LogP contribution in [0.3, 0.4) is 0 Å². The molecular weight excluding hydrogens is 268 g/mol. The van der Waals surface area contributed by atoms with Gasteiger partial charge in [-0.15, -0.1) is 0 Å². The van der Waals surface area contributed by atoms with Crippen LogP contribution in [0, 0.1) is 0 Å². The van der Waals surface area contributed by atoms with E-state index in [0.717, 1.165) is 26.6 Å². The predicted octanol–water partition coefficient (Wildman–Crippen LogP) is 2.52. The van der Waals surface area contributed by atoms with Crippen LogP contribution in [-0.4, -0.2) is 17.9 Å². The molecule has 0 unspecified atom stereocenters. The number of benzene rings is 1. The number of amides is 1. The zero-order valence-electron chi connectivity index (χ0n) is 8.70. The fourth-order valence-corrected chi connectivity index (χ4v) is 2.46. The van der Waals surface area contributed by atoms with E-state index in [2.05, 4.69) is 20.9 Å². The summed E-state index contributed by atoms with van der Waals surface area (Å²) in [6.07, 6.45) is 2.25. The Morgan fingerprint density at radius 1 is 1.44 bits per heavy atom. The van der Waals surface area contributed by atoms with Crippen LogP contribution in [0.4, 0.5) is 5.69 Å². The minimum atomic E-state index is 0.141. The van der Waals surface area contributed by atoms with Crippen LogP contribution in [0.2, 0.25) is 0 Å². The van der Waals surface area contributed by atoms with Gasteiger partial charge in [0, 0.05) is 28.8 Å². The number of anilines is 1. The van der Waals surface area contributed by atoms with Gasteiger partial charge in [-0.25, -0.2) is 0 Å². The molecule has 1 aliphatic rings. The average Bonchev–Trinajstić information content (AvgIpc) is 2.56. The molecule has 0 N–H and O–H groups in total. The Bertz CT molecular complexity index is 609. The number of carbonyl (C=O) groups is 1. The normalized spacial score (nSPS) is 14.6. The summed E-state index contributed by atoms with van der Waals surface area (Å²) in [6, 6.07) is 5.94. The van der Waals surface area contributed by atoms with Gasteiger partial charge in [0.25, 0.3) is 0 Å². The van der Waals surface area contributed by atoms with Crippen LogP contribution >= 0.6 is 15.9 Å². The van der Waals surface area contributed by atoms with Gasteiger partial charge >= 0.3 is 0 Å². The Morgan fingerprint density at radius 2 is 2.25 bits per heavy atom. The fraction of sp³-hybridized carbons (Fsp3) is 0.167. The molecule has 0 aliphatic carbocycles. The van der Waals surface area contributed by atoms with Crippen molar-refractivity contribution in [2.24, 2.45) is 0 Å². The van der Waals surface area contributed by atoms with Crippen LogP contribution in [-0.2, 0) is 11.2 Å². The van der Waals surface area contributed by atoms with Crippen LogP contribution in [0.5, 0.6) is 0 Å². The number of aromatic nitrogens is 1. The Labute approximate surface area is 101 Å². The lowest BCUT2D eigenvalue weighted by atomic mass is 10.1. The second kappa shape index (κ2) is 3.28. The van der Waals surface area contributed by atoms with Gasteiger partial charge in [-0.1, -0.05) is 0 Å². The molecule has 80 valence electrons. The Kier molecular flexibility index (Phi) is 2.01. The van der Waals surface area contributed by atoms with Crippen LogP contribution < -0.4 is 4.90 Å². The van der Waals surface area contributed by atoms with E-state index < -0.39 is 0 Å². The van der Waals surface area contributed by atoms with Gasteiger partial charge in [-0.2, -0.15) is 0 Å². The highest BCUT2D eigenvalue weighted by Gasteiger charge is 2.25. The molecule has 1 aromatic heterocycles. The van der Waals surface area contributed by atoms with Gasteiger partial charge in [0.2, 0.25) is 5.91 Å². The molecule has 0 fully saturated rings. The largest absolute Gasteiger partial charge is 0.315 e. The quantitative estimate of drug-likeness (QED) is 0.741. The number of hydrogen-bond acceptors (Lipinski definition) is 2. The lowest BCUT2D eigenvalue weighted by Crippen LogP contribution is -2.20. The zero-order valence-corrected chi connectivity index (χ0v) is 10.3. The number of likely N-dealkylation sites (N-methyl/N-ethyl adjacent to an activating group) is 1. The molecule has 2 aromatic rings. The van der Waals surface area contributed by atoms with Crippen molar-refractivity contribution in [1.82, 2.24) is 4.98 Å². The molecule has 0 atom stereocenters. The molecule has 0 bridgehead atoms. The van der Waals surface area contributed by atoms with Crippen LogP contribution in [0.15, 0.2) is 28.9 Å². The molecule has 0 saturated heterocycles. The second-order valence-electron chi connectivity index (χ2n) is 3.91. The van der Waals surface area contributed by atoms with Gasteiger partial charge in [-0.05, 0) is 39.7 Å².